The molecule has 5 nitrogen and oxygen atoms in total. The Balaban J connectivity index is 2.60. The number of benzene rings is 1. The number of aliphatic hydroxyl groups excluding tert-OH is 2. The number of aliphatic hydroxyl groups is 2. The quantitative estimate of drug-likeness (QED) is 0.677. The number of likely N-dealkylation sites (N-methyl/N-ethyl adjacent to an activating group) is 2. The van der Waals surface area contributed by atoms with Crippen molar-refractivity contribution in [1.29, 1.82) is 0 Å². The summed E-state index contributed by atoms with van der Waals surface area (Å²) < 4.78 is 5.61. The number of para-hydroxylation sites is 1. The summed E-state index contributed by atoms with van der Waals surface area (Å²) in [6, 6.07) is 9.03. The third-order valence-electron chi connectivity index (χ3n) is 3.89. The predicted octanol–water partition coefficient (Wildman–Crippen LogP) is 1.06. The van der Waals surface area contributed by atoms with E-state index in [4.69, 9.17) is 4.74 Å². The minimum Gasteiger partial charge on any atom is -0.491 e. The van der Waals surface area contributed by atoms with Crippen molar-refractivity contribution >= 4 is 0 Å². The normalized spacial score (nSPS) is 15.8. The van der Waals surface area contributed by atoms with E-state index in [1.54, 1.807) is 0 Å². The van der Waals surface area contributed by atoms with Gasteiger partial charge in [0.05, 0.1) is 12.1 Å². The minimum atomic E-state index is -0.763. The molecule has 0 saturated carbocycles. The molecule has 0 aliphatic carbocycles. The summed E-state index contributed by atoms with van der Waals surface area (Å²) in [4.78, 5) is 4.00. The number of hydrogen-bond acceptors (Lipinski definition) is 5. The SMILES string of the molecule is CCN(CC)CC(O)C(C(O)COc1ccccc1)N(C)C. The zero-order chi connectivity index (χ0) is 16.5. The van der Waals surface area contributed by atoms with Gasteiger partial charge in [-0.15, -0.1) is 0 Å². The van der Waals surface area contributed by atoms with Crippen LogP contribution in [0.25, 0.3) is 0 Å². The van der Waals surface area contributed by atoms with Crippen LogP contribution in [0.15, 0.2) is 30.3 Å². The first kappa shape index (κ1) is 18.9. The van der Waals surface area contributed by atoms with Gasteiger partial charge in [-0.1, -0.05) is 32.0 Å². The maximum Gasteiger partial charge on any atom is 0.119 e. The molecule has 1 aromatic rings. The highest BCUT2D eigenvalue weighted by atomic mass is 16.5. The molecule has 22 heavy (non-hydrogen) atoms. The Morgan fingerprint density at radius 1 is 1.00 bits per heavy atom. The lowest BCUT2D eigenvalue weighted by Gasteiger charge is -2.35. The van der Waals surface area contributed by atoms with Gasteiger partial charge in [0.15, 0.2) is 0 Å². The van der Waals surface area contributed by atoms with Crippen LogP contribution in [-0.4, -0.2) is 78.6 Å². The molecule has 1 aromatic carbocycles. The highest BCUT2D eigenvalue weighted by Crippen LogP contribution is 2.13. The van der Waals surface area contributed by atoms with Crippen LogP contribution in [0.2, 0.25) is 0 Å². The molecule has 0 saturated heterocycles. The molecular formula is C17H30N2O3. The van der Waals surface area contributed by atoms with E-state index in [1.165, 1.54) is 0 Å². The van der Waals surface area contributed by atoms with E-state index in [0.29, 0.717) is 6.54 Å². The second-order valence-electron chi connectivity index (χ2n) is 5.70. The lowest BCUT2D eigenvalue weighted by atomic mass is 10.0. The van der Waals surface area contributed by atoms with E-state index >= 15 is 0 Å². The number of rotatable bonds is 10. The van der Waals surface area contributed by atoms with Gasteiger partial charge in [0.2, 0.25) is 0 Å². The van der Waals surface area contributed by atoms with E-state index in [9.17, 15) is 10.2 Å². The third kappa shape index (κ3) is 5.93. The van der Waals surface area contributed by atoms with Gasteiger partial charge in [0, 0.05) is 6.54 Å². The van der Waals surface area contributed by atoms with E-state index < -0.39 is 12.2 Å². The minimum absolute atomic E-state index is 0.155. The molecule has 2 N–H and O–H groups in total. The van der Waals surface area contributed by atoms with Gasteiger partial charge in [0.25, 0.3) is 0 Å². The second kappa shape index (κ2) is 9.79. The van der Waals surface area contributed by atoms with Crippen LogP contribution >= 0.6 is 0 Å². The summed E-state index contributed by atoms with van der Waals surface area (Å²) in [5, 5.41) is 20.9. The van der Waals surface area contributed by atoms with Crippen LogP contribution in [0.3, 0.4) is 0 Å². The first-order valence-corrected chi connectivity index (χ1v) is 7.92. The van der Waals surface area contributed by atoms with E-state index in [2.05, 4.69) is 18.7 Å². The molecule has 3 atom stereocenters. The predicted molar refractivity (Wildman–Crippen MR) is 89.2 cm³/mol. The Labute approximate surface area is 134 Å². The summed E-state index contributed by atoms with van der Waals surface area (Å²) >= 11 is 0. The van der Waals surface area contributed by atoms with Gasteiger partial charge in [-0.25, -0.2) is 0 Å². The van der Waals surface area contributed by atoms with Crippen LogP contribution in [0.1, 0.15) is 13.8 Å². The first-order chi connectivity index (χ1) is 10.5. The van der Waals surface area contributed by atoms with Crippen molar-refractivity contribution in [2.24, 2.45) is 0 Å². The standard InChI is InChI=1S/C17H30N2O3/c1-5-19(6-2)12-15(20)17(18(3)4)16(21)13-22-14-10-8-7-9-11-14/h7-11,15-17,20-21H,5-6,12-13H2,1-4H3. The number of hydrogen-bond donors (Lipinski definition) is 2. The van der Waals surface area contributed by atoms with Crippen molar-refractivity contribution in [3.8, 4) is 5.75 Å². The maximum atomic E-state index is 10.5. The molecule has 126 valence electrons. The third-order valence-corrected chi connectivity index (χ3v) is 3.89. The maximum absolute atomic E-state index is 10.5. The highest BCUT2D eigenvalue weighted by molar-refractivity contribution is 5.20. The Bertz CT molecular complexity index is 396. The van der Waals surface area contributed by atoms with Gasteiger partial charge in [-0.2, -0.15) is 0 Å². The Morgan fingerprint density at radius 3 is 2.09 bits per heavy atom. The van der Waals surface area contributed by atoms with Crippen LogP contribution in [0.4, 0.5) is 0 Å². The van der Waals surface area contributed by atoms with E-state index in [1.807, 2.05) is 49.3 Å². The summed E-state index contributed by atoms with van der Waals surface area (Å²) in [5.74, 6) is 0.720. The number of nitrogens with zero attached hydrogens (tertiary/aromatic N) is 2. The lowest BCUT2D eigenvalue weighted by molar-refractivity contribution is -0.0378. The molecule has 0 radical (unpaired) electrons. The average molecular weight is 310 g/mol. The van der Waals surface area contributed by atoms with Crippen molar-refractivity contribution in [2.75, 3.05) is 40.3 Å². The lowest BCUT2D eigenvalue weighted by Crippen LogP contribution is -2.53. The molecule has 0 heterocycles. The fraction of sp³-hybridized carbons (Fsp3) is 0.647. The van der Waals surface area contributed by atoms with Crippen molar-refractivity contribution < 1.29 is 14.9 Å². The molecule has 0 spiro atoms. The van der Waals surface area contributed by atoms with Gasteiger partial charge >= 0.3 is 0 Å². The van der Waals surface area contributed by atoms with E-state index in [-0.39, 0.29) is 12.6 Å². The molecule has 0 aliphatic rings. The highest BCUT2D eigenvalue weighted by Gasteiger charge is 2.30. The van der Waals surface area contributed by atoms with Crippen molar-refractivity contribution in [3.05, 3.63) is 30.3 Å². The first-order valence-electron chi connectivity index (χ1n) is 7.92. The molecule has 5 heteroatoms. The Morgan fingerprint density at radius 2 is 1.59 bits per heavy atom. The topological polar surface area (TPSA) is 56.2 Å². The van der Waals surface area contributed by atoms with Gasteiger partial charge in [-0.3, -0.25) is 0 Å². The molecule has 0 amide bonds. The summed E-state index contributed by atoms with van der Waals surface area (Å²) in [5.41, 5.74) is 0. The van der Waals surface area contributed by atoms with Crippen molar-refractivity contribution in [1.82, 2.24) is 9.80 Å². The van der Waals surface area contributed by atoms with Crippen LogP contribution < -0.4 is 4.74 Å². The number of ether oxygens (including phenoxy) is 1. The average Bonchev–Trinajstić information content (AvgIpc) is 2.51. The molecule has 1 rings (SSSR count). The fourth-order valence-corrected chi connectivity index (χ4v) is 2.60. The smallest absolute Gasteiger partial charge is 0.119 e. The van der Waals surface area contributed by atoms with Crippen molar-refractivity contribution in [3.63, 3.8) is 0 Å². The second-order valence-corrected chi connectivity index (χ2v) is 5.70. The molecule has 0 aromatic heterocycles. The summed E-state index contributed by atoms with van der Waals surface area (Å²) in [7, 11) is 3.73. The zero-order valence-corrected chi connectivity index (χ0v) is 14.1. The molecular weight excluding hydrogens is 280 g/mol. The zero-order valence-electron chi connectivity index (χ0n) is 14.1. The molecule has 3 unspecified atom stereocenters. The molecule has 0 bridgehead atoms. The Hall–Kier alpha value is -1.14. The van der Waals surface area contributed by atoms with Crippen LogP contribution in [0, 0.1) is 0 Å². The molecule has 0 aliphatic heterocycles. The summed E-state index contributed by atoms with van der Waals surface area (Å²) in [6.45, 7) is 6.58. The monoisotopic (exact) mass is 310 g/mol. The van der Waals surface area contributed by atoms with Crippen LogP contribution in [0.5, 0.6) is 5.75 Å². The van der Waals surface area contributed by atoms with E-state index in [0.717, 1.165) is 18.8 Å². The van der Waals surface area contributed by atoms with Gasteiger partial charge in [-0.05, 0) is 39.3 Å². The van der Waals surface area contributed by atoms with Gasteiger partial charge < -0.3 is 24.7 Å². The van der Waals surface area contributed by atoms with Crippen molar-refractivity contribution in [2.45, 2.75) is 32.1 Å². The van der Waals surface area contributed by atoms with Gasteiger partial charge in [0.1, 0.15) is 18.5 Å². The summed E-state index contributed by atoms with van der Waals surface area (Å²) in [6.07, 6.45) is -1.40. The molecule has 0 fully saturated rings. The van der Waals surface area contributed by atoms with Crippen LogP contribution in [-0.2, 0) is 0 Å². The largest absolute Gasteiger partial charge is 0.491 e. The fourth-order valence-electron chi connectivity index (χ4n) is 2.60. The Kier molecular flexibility index (Phi) is 8.42.